The molecule has 0 unspecified atom stereocenters. The molecule has 0 fully saturated rings. The van der Waals surface area contributed by atoms with Crippen LogP contribution in [0.2, 0.25) is 0 Å². The van der Waals surface area contributed by atoms with Crippen LogP contribution in [0.15, 0.2) is 65.7 Å². The Morgan fingerprint density at radius 2 is 1.72 bits per heavy atom. The van der Waals surface area contributed by atoms with Crippen molar-refractivity contribution in [2.24, 2.45) is 0 Å². The highest BCUT2D eigenvalue weighted by Gasteiger charge is 2.26. The zero-order valence-corrected chi connectivity index (χ0v) is 22.7. The van der Waals surface area contributed by atoms with Crippen LogP contribution in [-0.2, 0) is 9.84 Å². The number of sulfone groups is 1. The van der Waals surface area contributed by atoms with Crippen LogP contribution in [0.1, 0.15) is 32.6 Å². The monoisotopic (exact) mass is 542 g/mol. The van der Waals surface area contributed by atoms with E-state index in [9.17, 15) is 18.5 Å². The SMILES string of the molecule is COc1cc(-c2ccc(C(=O)CS(=O)(=O)c3cccc(N)n3)c(Oc3c(C)cc(C)cc3C)n2)ccc1C#N. The van der Waals surface area contributed by atoms with Gasteiger partial charge in [-0.1, -0.05) is 29.8 Å². The Morgan fingerprint density at radius 1 is 1.00 bits per heavy atom. The molecular formula is C29H26N4O5S. The summed E-state index contributed by atoms with van der Waals surface area (Å²) in [5.41, 5.74) is 9.74. The molecule has 0 aliphatic carbocycles. The summed E-state index contributed by atoms with van der Waals surface area (Å²) < 4.78 is 37.4. The number of aryl methyl sites for hydroxylation is 3. The highest BCUT2D eigenvalue weighted by atomic mass is 32.2. The number of Topliss-reactive ketones (excluding diaryl/α,β-unsaturated/α-hetero) is 1. The smallest absolute Gasteiger partial charge is 0.230 e. The Balaban J connectivity index is 1.80. The molecule has 2 heterocycles. The van der Waals surface area contributed by atoms with Crippen LogP contribution in [0.25, 0.3) is 11.3 Å². The van der Waals surface area contributed by atoms with E-state index in [1.807, 2.05) is 32.9 Å². The largest absolute Gasteiger partial charge is 0.495 e. The Kier molecular flexibility index (Phi) is 7.65. The van der Waals surface area contributed by atoms with Gasteiger partial charge in [0.2, 0.25) is 15.7 Å². The number of hydrogen-bond donors (Lipinski definition) is 1. The molecule has 198 valence electrons. The number of ketones is 1. The van der Waals surface area contributed by atoms with Gasteiger partial charge in [-0.3, -0.25) is 4.79 Å². The first-order valence-corrected chi connectivity index (χ1v) is 13.5. The van der Waals surface area contributed by atoms with E-state index in [-0.39, 0.29) is 22.3 Å². The van der Waals surface area contributed by atoms with Gasteiger partial charge in [-0.2, -0.15) is 5.26 Å². The molecule has 10 heteroatoms. The number of benzene rings is 2. The molecule has 9 nitrogen and oxygen atoms in total. The molecule has 0 aliphatic rings. The summed E-state index contributed by atoms with van der Waals surface area (Å²) in [4.78, 5) is 21.8. The maximum atomic E-state index is 13.4. The fraction of sp³-hybridized carbons (Fsp3) is 0.172. The summed E-state index contributed by atoms with van der Waals surface area (Å²) in [5, 5.41) is 9.02. The topological polar surface area (TPSA) is 145 Å². The molecule has 2 aromatic carbocycles. The number of pyridine rings is 2. The van der Waals surface area contributed by atoms with Crippen molar-refractivity contribution in [1.82, 2.24) is 9.97 Å². The number of rotatable bonds is 8. The molecule has 0 atom stereocenters. The quantitative estimate of drug-likeness (QED) is 0.305. The third-order valence-electron chi connectivity index (χ3n) is 5.97. The molecule has 4 rings (SSSR count). The zero-order valence-electron chi connectivity index (χ0n) is 21.8. The number of nitrogens with two attached hydrogens (primary N) is 1. The van der Waals surface area contributed by atoms with Crippen molar-refractivity contribution in [1.29, 1.82) is 5.26 Å². The molecule has 4 aromatic rings. The van der Waals surface area contributed by atoms with Gasteiger partial charge < -0.3 is 15.2 Å². The maximum absolute atomic E-state index is 13.4. The van der Waals surface area contributed by atoms with Crippen molar-refractivity contribution < 1.29 is 22.7 Å². The van der Waals surface area contributed by atoms with Gasteiger partial charge in [-0.25, -0.2) is 18.4 Å². The van der Waals surface area contributed by atoms with E-state index in [1.54, 1.807) is 24.3 Å². The maximum Gasteiger partial charge on any atom is 0.230 e. The van der Waals surface area contributed by atoms with Crippen molar-refractivity contribution >= 4 is 21.4 Å². The molecule has 0 bridgehead atoms. The molecule has 0 radical (unpaired) electrons. The van der Waals surface area contributed by atoms with E-state index >= 15 is 0 Å². The predicted octanol–water partition coefficient (Wildman–Crippen LogP) is 4.98. The minimum atomic E-state index is -4.09. The number of nitrogens with zero attached hydrogens (tertiary/aromatic N) is 3. The van der Waals surface area contributed by atoms with Crippen LogP contribution in [0.5, 0.6) is 17.4 Å². The fourth-order valence-electron chi connectivity index (χ4n) is 4.19. The highest BCUT2D eigenvalue weighted by molar-refractivity contribution is 7.92. The fourth-order valence-corrected chi connectivity index (χ4v) is 5.37. The van der Waals surface area contributed by atoms with Gasteiger partial charge in [0, 0.05) is 5.56 Å². The van der Waals surface area contributed by atoms with Gasteiger partial charge in [-0.15, -0.1) is 0 Å². The third-order valence-corrected chi connectivity index (χ3v) is 7.47. The minimum Gasteiger partial charge on any atom is -0.495 e. The third kappa shape index (κ3) is 5.89. The van der Waals surface area contributed by atoms with Crippen LogP contribution >= 0.6 is 0 Å². The normalized spacial score (nSPS) is 11.1. The van der Waals surface area contributed by atoms with Gasteiger partial charge in [0.05, 0.1) is 23.9 Å². The number of hydrogen-bond acceptors (Lipinski definition) is 9. The second kappa shape index (κ2) is 10.9. The summed E-state index contributed by atoms with van der Waals surface area (Å²) in [6.45, 7) is 5.72. The van der Waals surface area contributed by atoms with E-state index in [0.29, 0.717) is 28.3 Å². The Hall–Kier alpha value is -4.75. The molecular weight excluding hydrogens is 516 g/mol. The van der Waals surface area contributed by atoms with Gasteiger partial charge in [0.25, 0.3) is 0 Å². The Morgan fingerprint density at radius 3 is 2.36 bits per heavy atom. The number of carbonyl (C=O) groups excluding carboxylic acids is 1. The van der Waals surface area contributed by atoms with E-state index in [1.165, 1.54) is 31.4 Å². The first-order chi connectivity index (χ1) is 18.5. The second-order valence-corrected chi connectivity index (χ2v) is 10.9. The lowest BCUT2D eigenvalue weighted by Gasteiger charge is -2.16. The summed E-state index contributed by atoms with van der Waals surface area (Å²) in [6.07, 6.45) is 0. The van der Waals surface area contributed by atoms with Gasteiger partial charge in [0.15, 0.2) is 10.8 Å². The molecule has 0 aliphatic heterocycles. The lowest BCUT2D eigenvalue weighted by Crippen LogP contribution is -2.19. The van der Waals surface area contributed by atoms with Crippen molar-refractivity contribution in [3.05, 3.63) is 88.5 Å². The first kappa shape index (κ1) is 27.3. The van der Waals surface area contributed by atoms with Crippen molar-refractivity contribution in [3.63, 3.8) is 0 Å². The number of aromatic nitrogens is 2. The average Bonchev–Trinajstić information content (AvgIpc) is 2.89. The number of methoxy groups -OCH3 is 1. The van der Waals surface area contributed by atoms with E-state index in [0.717, 1.165) is 16.7 Å². The highest BCUT2D eigenvalue weighted by Crippen LogP contribution is 2.34. The van der Waals surface area contributed by atoms with Crippen LogP contribution in [0, 0.1) is 32.1 Å². The first-order valence-electron chi connectivity index (χ1n) is 11.9. The lowest BCUT2D eigenvalue weighted by atomic mass is 10.1. The zero-order chi connectivity index (χ0) is 28.3. The van der Waals surface area contributed by atoms with E-state index < -0.39 is 21.4 Å². The number of anilines is 1. The average molecular weight is 543 g/mol. The second-order valence-electron chi connectivity index (χ2n) is 8.99. The predicted molar refractivity (Wildman–Crippen MR) is 147 cm³/mol. The Labute approximate surface area is 226 Å². The van der Waals surface area contributed by atoms with E-state index in [4.69, 9.17) is 15.2 Å². The molecule has 0 saturated carbocycles. The van der Waals surface area contributed by atoms with Gasteiger partial charge in [-0.05, 0) is 68.3 Å². The summed E-state index contributed by atoms with van der Waals surface area (Å²) >= 11 is 0. The van der Waals surface area contributed by atoms with Crippen LogP contribution < -0.4 is 15.2 Å². The van der Waals surface area contributed by atoms with Crippen LogP contribution in [0.3, 0.4) is 0 Å². The number of nitriles is 1. The number of nitrogen functional groups attached to an aromatic ring is 1. The molecule has 0 saturated heterocycles. The minimum absolute atomic E-state index is 0.00814. The molecule has 0 amide bonds. The standard InChI is InChI=1S/C29H26N4O5S/c1-17-12-18(2)28(19(3)13-17)38-29-22(24(34)16-39(35,36)27-7-5-6-26(31)33-27)10-11-23(32-29)20-8-9-21(15-30)25(14-20)37-4/h5-14H,16H2,1-4H3,(H2,31,33). The van der Waals surface area contributed by atoms with Gasteiger partial charge in [0.1, 0.15) is 29.1 Å². The number of ether oxygens (including phenoxy) is 2. The molecule has 2 N–H and O–H groups in total. The number of carbonyl (C=O) groups is 1. The van der Waals surface area contributed by atoms with Crippen LogP contribution in [0.4, 0.5) is 5.82 Å². The van der Waals surface area contributed by atoms with Gasteiger partial charge >= 0.3 is 0 Å². The lowest BCUT2D eigenvalue weighted by molar-refractivity contribution is 0.101. The summed E-state index contributed by atoms with van der Waals surface area (Å²) in [7, 11) is -2.63. The summed E-state index contributed by atoms with van der Waals surface area (Å²) in [6, 6.07) is 18.2. The molecule has 0 spiro atoms. The van der Waals surface area contributed by atoms with E-state index in [2.05, 4.69) is 16.0 Å². The summed E-state index contributed by atoms with van der Waals surface area (Å²) in [5.74, 6) is -0.707. The molecule has 2 aromatic heterocycles. The Bertz CT molecular complexity index is 1720. The van der Waals surface area contributed by atoms with Crippen molar-refractivity contribution in [2.75, 3.05) is 18.6 Å². The molecule has 39 heavy (non-hydrogen) atoms. The van der Waals surface area contributed by atoms with Crippen molar-refractivity contribution in [2.45, 2.75) is 25.8 Å². The van der Waals surface area contributed by atoms with Crippen LogP contribution in [-0.4, -0.2) is 37.0 Å². The van der Waals surface area contributed by atoms with Crippen molar-refractivity contribution in [3.8, 4) is 34.7 Å².